The Bertz CT molecular complexity index is 1340. The van der Waals surface area contributed by atoms with E-state index in [0.717, 1.165) is 64.2 Å². The van der Waals surface area contributed by atoms with Gasteiger partial charge in [-0.2, -0.15) is 4.37 Å². The zero-order chi connectivity index (χ0) is 27.4. The maximum Gasteiger partial charge on any atom is 0.421 e. The Morgan fingerprint density at radius 3 is 2.30 bits per heavy atom. The Kier molecular flexibility index (Phi) is 6.42. The monoisotopic (exact) mass is 567 g/mol. The van der Waals surface area contributed by atoms with Crippen molar-refractivity contribution in [1.82, 2.24) is 19.1 Å². The van der Waals surface area contributed by atoms with Gasteiger partial charge in [-0.3, -0.25) is 14.6 Å². The highest BCUT2D eigenvalue weighted by molar-refractivity contribution is 7.13. The average Bonchev–Trinajstić information content (AvgIpc) is 3.70. The van der Waals surface area contributed by atoms with Crippen LogP contribution in [0.25, 0.3) is 10.1 Å². The molecule has 1 spiro atoms. The van der Waals surface area contributed by atoms with Gasteiger partial charge in [0.2, 0.25) is 0 Å². The summed E-state index contributed by atoms with van der Waals surface area (Å²) in [5.74, 6) is -3.56. The lowest BCUT2D eigenvalue weighted by atomic mass is 9.78. The van der Waals surface area contributed by atoms with Crippen LogP contribution in [0.15, 0.2) is 24.3 Å². The molecule has 0 bridgehead atoms. The van der Waals surface area contributed by atoms with Gasteiger partial charge in [-0.1, -0.05) is 25.0 Å². The molecule has 3 amide bonds. The van der Waals surface area contributed by atoms with Gasteiger partial charge in [0.25, 0.3) is 0 Å². The Morgan fingerprint density at radius 2 is 1.55 bits per heavy atom. The highest BCUT2D eigenvalue weighted by atomic mass is 32.1. The number of hydrogen-bond acceptors (Lipinski definition) is 10. The fraction of sp³-hybridized carbons (Fsp3) is 0.607. The fourth-order valence-corrected chi connectivity index (χ4v) is 8.10. The smallest absolute Gasteiger partial charge is 0.403 e. The summed E-state index contributed by atoms with van der Waals surface area (Å²) in [4.78, 5) is 58.8. The molecule has 1 aromatic heterocycles. The first-order valence-corrected chi connectivity index (χ1v) is 15.1. The number of ether oxygens (including phenoxy) is 2. The first-order chi connectivity index (χ1) is 19.4. The molecular formula is C28H33N5O6S. The largest absolute Gasteiger partial charge is 0.421 e. The molecule has 4 aliphatic heterocycles. The van der Waals surface area contributed by atoms with E-state index in [1.54, 1.807) is 16.4 Å². The van der Waals surface area contributed by atoms with Crippen LogP contribution in [0.3, 0.4) is 0 Å². The minimum absolute atomic E-state index is 0.131. The first-order valence-electron chi connectivity index (χ1n) is 14.4. The minimum Gasteiger partial charge on any atom is -0.403 e. The number of rotatable bonds is 5. The van der Waals surface area contributed by atoms with Gasteiger partial charge < -0.3 is 19.3 Å². The van der Waals surface area contributed by atoms with Gasteiger partial charge in [0.05, 0.1) is 4.70 Å². The maximum atomic E-state index is 13.7. The molecule has 12 heteroatoms. The van der Waals surface area contributed by atoms with E-state index in [0.29, 0.717) is 25.3 Å². The number of benzene rings is 1. The predicted octanol–water partition coefficient (Wildman–Crippen LogP) is 2.45. The Labute approximate surface area is 236 Å². The van der Waals surface area contributed by atoms with Crippen LogP contribution in [0.5, 0.6) is 0 Å². The van der Waals surface area contributed by atoms with Crippen LogP contribution in [0.2, 0.25) is 0 Å². The van der Waals surface area contributed by atoms with E-state index >= 15 is 0 Å². The molecule has 1 aliphatic carbocycles. The summed E-state index contributed by atoms with van der Waals surface area (Å²) in [6.07, 6.45) is 5.23. The molecule has 5 fully saturated rings. The second-order valence-corrected chi connectivity index (χ2v) is 12.4. The third-order valence-electron chi connectivity index (χ3n) is 9.37. The first kappa shape index (κ1) is 25.7. The average molecular weight is 568 g/mol. The summed E-state index contributed by atoms with van der Waals surface area (Å²) < 4.78 is 16.5. The number of carbonyl (C=O) groups is 4. The molecule has 1 saturated carbocycles. The van der Waals surface area contributed by atoms with Gasteiger partial charge in [0.15, 0.2) is 0 Å². The summed E-state index contributed by atoms with van der Waals surface area (Å²) in [7, 11) is 0. The minimum atomic E-state index is -2.04. The van der Waals surface area contributed by atoms with Crippen molar-refractivity contribution in [3.05, 3.63) is 24.3 Å². The van der Waals surface area contributed by atoms with E-state index in [2.05, 4.69) is 28.0 Å². The van der Waals surface area contributed by atoms with Gasteiger partial charge in [0, 0.05) is 51.2 Å². The molecule has 212 valence electrons. The summed E-state index contributed by atoms with van der Waals surface area (Å²) >= 11 is 1.54. The van der Waals surface area contributed by atoms with Crippen molar-refractivity contribution in [3.63, 3.8) is 0 Å². The third kappa shape index (κ3) is 4.14. The molecule has 5 heterocycles. The number of hydrogen-bond donors (Lipinski definition) is 0. The van der Waals surface area contributed by atoms with Crippen molar-refractivity contribution in [2.45, 2.75) is 50.4 Å². The topological polar surface area (TPSA) is 113 Å². The molecule has 3 atom stereocenters. The summed E-state index contributed by atoms with van der Waals surface area (Å²) in [5, 5.41) is 1.21. The normalized spacial score (nSPS) is 28.9. The standard InChI is InChI=1S/C28H33N5O6S/c34-24-25(35)39-28(38-24)22-10-5-11-32(22)27(37)33(26(28)36)17-19-7-2-1-6-18(19)16-30-12-14-31(15-13-30)23-20-8-3-4-9-21(20)40-29-23/h3-4,8-9,18-19,22H,1-2,5-7,10-17H2. The van der Waals surface area contributed by atoms with Gasteiger partial charge in [-0.25, -0.2) is 14.4 Å². The lowest BCUT2D eigenvalue weighted by Crippen LogP contribution is -2.70. The number of nitrogens with zero attached hydrogens (tertiary/aromatic N) is 5. The van der Waals surface area contributed by atoms with Crippen molar-refractivity contribution in [2.75, 3.05) is 50.7 Å². The van der Waals surface area contributed by atoms with Crippen LogP contribution in [0, 0.1) is 11.8 Å². The number of imide groups is 1. The summed E-state index contributed by atoms with van der Waals surface area (Å²) in [6, 6.07) is 7.23. The summed E-state index contributed by atoms with van der Waals surface area (Å²) in [6.45, 7) is 5.27. The molecule has 2 aromatic rings. The predicted molar refractivity (Wildman–Crippen MR) is 145 cm³/mol. The molecule has 0 radical (unpaired) electrons. The van der Waals surface area contributed by atoms with Crippen LogP contribution in [-0.2, 0) is 23.9 Å². The summed E-state index contributed by atoms with van der Waals surface area (Å²) in [5.41, 5.74) is 0. The molecule has 0 N–H and O–H groups in total. The van der Waals surface area contributed by atoms with Crippen LogP contribution in [0.4, 0.5) is 10.6 Å². The Balaban J connectivity index is 1.03. The van der Waals surface area contributed by atoms with Crippen molar-refractivity contribution < 1.29 is 28.7 Å². The number of anilines is 1. The van der Waals surface area contributed by atoms with E-state index in [1.165, 1.54) is 15.0 Å². The van der Waals surface area contributed by atoms with Crippen LogP contribution in [0.1, 0.15) is 38.5 Å². The van der Waals surface area contributed by atoms with Gasteiger partial charge >= 0.3 is 29.7 Å². The molecule has 1 aromatic carbocycles. The number of esters is 2. The lowest BCUT2D eigenvalue weighted by molar-refractivity contribution is -0.217. The fourth-order valence-electron chi connectivity index (χ4n) is 7.30. The number of urea groups is 1. The molecule has 4 saturated heterocycles. The highest BCUT2D eigenvalue weighted by Crippen LogP contribution is 2.42. The van der Waals surface area contributed by atoms with E-state index in [9.17, 15) is 19.2 Å². The number of carbonyl (C=O) groups excluding carboxylic acids is 4. The maximum absolute atomic E-state index is 13.7. The van der Waals surface area contributed by atoms with Gasteiger partial charge in [-0.05, 0) is 61.2 Å². The zero-order valence-corrected chi connectivity index (χ0v) is 23.1. The van der Waals surface area contributed by atoms with E-state index in [4.69, 9.17) is 13.8 Å². The third-order valence-corrected chi connectivity index (χ3v) is 10.2. The van der Waals surface area contributed by atoms with Crippen LogP contribution >= 0.6 is 11.5 Å². The van der Waals surface area contributed by atoms with Crippen molar-refractivity contribution >= 4 is 51.3 Å². The second kappa shape index (κ2) is 9.99. The number of piperazine rings is 1. The Morgan fingerprint density at radius 1 is 0.850 bits per heavy atom. The van der Waals surface area contributed by atoms with Gasteiger partial charge in [0.1, 0.15) is 11.9 Å². The van der Waals surface area contributed by atoms with Crippen LogP contribution < -0.4 is 4.90 Å². The molecule has 11 nitrogen and oxygen atoms in total. The van der Waals surface area contributed by atoms with Crippen molar-refractivity contribution in [1.29, 1.82) is 0 Å². The molecular weight excluding hydrogens is 534 g/mol. The van der Waals surface area contributed by atoms with Crippen molar-refractivity contribution in [3.8, 4) is 0 Å². The quantitative estimate of drug-likeness (QED) is 0.397. The second-order valence-electron chi connectivity index (χ2n) is 11.6. The molecule has 40 heavy (non-hydrogen) atoms. The Hall–Kier alpha value is -3.25. The molecule has 3 unspecified atom stereocenters. The number of amides is 3. The van der Waals surface area contributed by atoms with E-state index in [-0.39, 0.29) is 18.5 Å². The SMILES string of the molecule is O=C1OC2(OC1=O)C(=O)N(CC1CCCCC1CN1CCN(c3nsc4ccccc34)CC1)C(=O)N1CCCC12. The highest BCUT2D eigenvalue weighted by Gasteiger charge is 2.68. The number of fused-ring (bicyclic) bond motifs is 3. The number of aromatic nitrogens is 1. The van der Waals surface area contributed by atoms with E-state index in [1.807, 2.05) is 6.07 Å². The lowest BCUT2D eigenvalue weighted by Gasteiger charge is -2.46. The van der Waals surface area contributed by atoms with Gasteiger partial charge in [-0.15, -0.1) is 0 Å². The molecule has 7 rings (SSSR count). The zero-order valence-electron chi connectivity index (χ0n) is 22.3. The van der Waals surface area contributed by atoms with Crippen molar-refractivity contribution in [2.24, 2.45) is 11.8 Å². The van der Waals surface area contributed by atoms with Crippen LogP contribution in [-0.4, -0.2) is 101 Å². The molecule has 5 aliphatic rings. The van der Waals surface area contributed by atoms with E-state index < -0.39 is 29.7 Å².